The van der Waals surface area contributed by atoms with Crippen LogP contribution in [0.5, 0.6) is 11.8 Å². The molecule has 1 aliphatic carbocycles. The second-order valence-electron chi connectivity index (χ2n) is 22.2. The number of carbonyl (C=O) groups excluding carboxylic acids is 1. The predicted molar refractivity (Wildman–Crippen MR) is 274 cm³/mol. The van der Waals surface area contributed by atoms with E-state index in [0.29, 0.717) is 63.1 Å². The third-order valence-corrected chi connectivity index (χ3v) is 22.9. The first-order valence-electron chi connectivity index (χ1n) is 26.1. The Morgan fingerprint density at radius 1 is 0.958 bits per heavy atom. The van der Waals surface area contributed by atoms with Crippen LogP contribution in [0, 0.1) is 28.5 Å². The van der Waals surface area contributed by atoms with Crippen molar-refractivity contribution in [3.63, 3.8) is 0 Å². The van der Waals surface area contributed by atoms with Crippen LogP contribution in [0.25, 0.3) is 32.9 Å². The van der Waals surface area contributed by atoms with Crippen molar-refractivity contribution in [2.24, 2.45) is 5.41 Å². The van der Waals surface area contributed by atoms with Crippen LogP contribution in [-0.2, 0) is 18.9 Å². The molecular formula is C55H74F2N6O7Si. The van der Waals surface area contributed by atoms with E-state index in [1.165, 1.54) is 18.1 Å². The molecule has 1 spiro atoms. The zero-order valence-corrected chi connectivity index (χ0v) is 44.4. The zero-order chi connectivity index (χ0) is 50.2. The summed E-state index contributed by atoms with van der Waals surface area (Å²) in [5.74, 6) is 3.19. The minimum absolute atomic E-state index is 0.0137. The van der Waals surface area contributed by atoms with E-state index in [9.17, 15) is 4.79 Å². The Labute approximate surface area is 419 Å². The molecule has 2 aromatic carbocycles. The molecule has 13 nitrogen and oxygen atoms in total. The molecule has 1 amide bonds. The van der Waals surface area contributed by atoms with Crippen molar-refractivity contribution in [3.8, 4) is 34.5 Å². The maximum absolute atomic E-state index is 18.1. The van der Waals surface area contributed by atoms with Gasteiger partial charge in [-0.05, 0) is 123 Å². The van der Waals surface area contributed by atoms with E-state index >= 15 is 8.78 Å². The number of aromatic nitrogens is 3. The molecule has 0 radical (unpaired) electrons. The molecule has 0 bridgehead atoms. The Hall–Kier alpha value is -4.66. The Kier molecular flexibility index (Phi) is 15.2. The van der Waals surface area contributed by atoms with Crippen LogP contribution in [-0.4, -0.2) is 130 Å². The fourth-order valence-corrected chi connectivity index (χ4v) is 18.3. The second kappa shape index (κ2) is 21.1. The average molecular weight is 997 g/mol. The second-order valence-corrected chi connectivity index (χ2v) is 27.7. The smallest absolute Gasteiger partial charge is 0.409 e. The molecule has 16 heteroatoms. The van der Waals surface area contributed by atoms with Crippen molar-refractivity contribution in [2.75, 3.05) is 72.4 Å². The van der Waals surface area contributed by atoms with Gasteiger partial charge in [0.05, 0.1) is 22.6 Å². The molecule has 71 heavy (non-hydrogen) atoms. The lowest BCUT2D eigenvalue weighted by atomic mass is 9.62. The van der Waals surface area contributed by atoms with Crippen molar-refractivity contribution >= 4 is 41.7 Å². The minimum Gasteiger partial charge on any atom is -0.468 e. The summed E-state index contributed by atoms with van der Waals surface area (Å²) >= 11 is 0. The summed E-state index contributed by atoms with van der Waals surface area (Å²) in [7, 11) is 2.58. The monoisotopic (exact) mass is 997 g/mol. The highest BCUT2D eigenvalue weighted by Crippen LogP contribution is 2.51. The summed E-state index contributed by atoms with van der Waals surface area (Å²) in [5, 5.41) is 1.54. The third kappa shape index (κ3) is 10.1. The van der Waals surface area contributed by atoms with Gasteiger partial charge in [-0.3, -0.25) is 9.88 Å². The predicted octanol–water partition coefficient (Wildman–Crippen LogP) is 11.0. The van der Waals surface area contributed by atoms with Gasteiger partial charge >= 0.3 is 12.1 Å². The van der Waals surface area contributed by atoms with Gasteiger partial charge in [-0.2, -0.15) is 9.97 Å². The lowest BCUT2D eigenvalue weighted by Gasteiger charge is -2.53. The first kappa shape index (κ1) is 51.2. The van der Waals surface area contributed by atoms with Gasteiger partial charge in [-0.15, -0.1) is 5.54 Å². The van der Waals surface area contributed by atoms with E-state index < -0.39 is 19.7 Å². The van der Waals surface area contributed by atoms with Crippen LogP contribution in [0.2, 0.25) is 16.6 Å². The molecule has 9 rings (SSSR count). The number of pyridine rings is 1. The van der Waals surface area contributed by atoms with Gasteiger partial charge in [0.2, 0.25) is 0 Å². The van der Waals surface area contributed by atoms with Crippen LogP contribution in [0.1, 0.15) is 118 Å². The largest absolute Gasteiger partial charge is 0.468 e. The third-order valence-electron chi connectivity index (χ3n) is 16.6. The highest BCUT2D eigenvalue weighted by molar-refractivity contribution is 6.90. The van der Waals surface area contributed by atoms with Gasteiger partial charge in [0.15, 0.2) is 18.9 Å². The molecule has 6 heterocycles. The van der Waals surface area contributed by atoms with Gasteiger partial charge < -0.3 is 38.2 Å². The maximum Gasteiger partial charge on any atom is 0.409 e. The minimum atomic E-state index is -2.32. The van der Waals surface area contributed by atoms with E-state index in [-0.39, 0.29) is 65.1 Å². The molecule has 4 aromatic rings. The van der Waals surface area contributed by atoms with Gasteiger partial charge in [0, 0.05) is 64.1 Å². The van der Waals surface area contributed by atoms with E-state index in [2.05, 4.69) is 62.8 Å². The summed E-state index contributed by atoms with van der Waals surface area (Å²) in [6, 6.07) is 6.74. The molecule has 1 unspecified atom stereocenters. The number of benzene rings is 2. The molecule has 1 saturated carbocycles. The molecule has 0 N–H and O–H groups in total. The van der Waals surface area contributed by atoms with Crippen LogP contribution >= 0.6 is 0 Å². The first-order valence-corrected chi connectivity index (χ1v) is 28.3. The Balaban J connectivity index is 1.13. The first-order chi connectivity index (χ1) is 34.1. The number of halogens is 2. The SMILES string of the molecule is COCOc1cc(-c2ncc3c(N4CCCC5(CC(OC6CCCCO6)C5)C4)nc(OC[C@]45CCCN4[C@H](COC(=O)N(C)C)CC5)nc3c2F)c2c(C#C[Si](C(C)C)(C(C)C)C(C)C)c(F)ccc2c1. The van der Waals surface area contributed by atoms with Gasteiger partial charge in [-0.25, -0.2) is 13.6 Å². The summed E-state index contributed by atoms with van der Waals surface area (Å²) in [6.07, 6.45) is 11.8. The number of fused-ring (bicyclic) bond motifs is 3. The van der Waals surface area contributed by atoms with Crippen molar-refractivity contribution in [1.82, 2.24) is 24.8 Å². The molecule has 3 atom stereocenters. The quantitative estimate of drug-likeness (QED) is 0.0640. The highest BCUT2D eigenvalue weighted by atomic mass is 28.3. The number of rotatable bonds is 15. The van der Waals surface area contributed by atoms with E-state index in [0.717, 1.165) is 96.9 Å². The molecule has 5 fully saturated rings. The standard InChI is InChI=1S/C55H74F2N6O7Si/c1-35(2)71(36(3)4,37(5)6)25-18-42-45(56)16-15-38-26-40(69-34-65-9)27-43(47(38)42)49-48(57)50-44(30-58-49)51(62-22-12-19-54(32-62)28-41(29-54)70-46-14-10-11-24-66-46)60-52(59-50)68-33-55-20-13-23-63(55)39(17-21-55)31-67-53(64)61(7)8/h15-16,26-27,30,35-37,39,41,46H,10-14,17,19-24,28-29,31-34H2,1-9H3/t39-,41?,46?,54?,55+/m0/s1. The summed E-state index contributed by atoms with van der Waals surface area (Å²) in [5.41, 5.74) is 4.95. The van der Waals surface area contributed by atoms with Crippen LogP contribution in [0.3, 0.4) is 0 Å². The molecule has 5 aliphatic rings. The maximum atomic E-state index is 18.1. The normalized spacial score (nSPS) is 24.7. The van der Waals surface area contributed by atoms with E-state index in [1.54, 1.807) is 32.4 Å². The van der Waals surface area contributed by atoms with Crippen molar-refractivity contribution in [2.45, 2.75) is 153 Å². The number of amides is 1. The number of hydrogen-bond acceptors (Lipinski definition) is 12. The van der Waals surface area contributed by atoms with Gasteiger partial charge in [-0.1, -0.05) is 53.5 Å². The van der Waals surface area contributed by atoms with E-state index in [4.69, 9.17) is 43.4 Å². The van der Waals surface area contributed by atoms with E-state index in [1.807, 2.05) is 6.07 Å². The van der Waals surface area contributed by atoms with Crippen LogP contribution in [0.4, 0.5) is 19.4 Å². The Morgan fingerprint density at radius 2 is 1.73 bits per heavy atom. The number of nitrogens with zero attached hydrogens (tertiary/aromatic N) is 6. The van der Waals surface area contributed by atoms with Gasteiger partial charge in [0.25, 0.3) is 0 Å². The van der Waals surface area contributed by atoms with Crippen LogP contribution in [0.15, 0.2) is 30.5 Å². The van der Waals surface area contributed by atoms with Gasteiger partial charge in [0.1, 0.15) is 49.9 Å². The average Bonchev–Trinajstić information content (AvgIpc) is 3.91. The number of anilines is 1. The number of methoxy groups -OCH3 is 1. The number of carbonyl (C=O) groups is 1. The highest BCUT2D eigenvalue weighted by Gasteiger charge is 2.51. The summed E-state index contributed by atoms with van der Waals surface area (Å²) < 4.78 is 70.7. The fourth-order valence-electron chi connectivity index (χ4n) is 13.1. The lowest BCUT2D eigenvalue weighted by Crippen LogP contribution is -2.54. The summed E-state index contributed by atoms with van der Waals surface area (Å²) in [4.78, 5) is 33.4. The Bertz CT molecular complexity index is 2630. The number of piperidine rings is 1. The topological polar surface area (TPSA) is 121 Å². The number of ether oxygens (including phenoxy) is 6. The number of hydrogen-bond donors (Lipinski definition) is 0. The summed E-state index contributed by atoms with van der Waals surface area (Å²) in [6.45, 7) is 16.9. The van der Waals surface area contributed by atoms with Crippen molar-refractivity contribution < 1.29 is 42.0 Å². The Morgan fingerprint density at radius 3 is 2.45 bits per heavy atom. The lowest BCUT2D eigenvalue weighted by molar-refractivity contribution is -0.223. The molecule has 2 aromatic heterocycles. The van der Waals surface area contributed by atoms with Crippen molar-refractivity contribution in [3.05, 3.63) is 47.7 Å². The fraction of sp³-hybridized carbons (Fsp3) is 0.636. The molecule has 384 valence electrons. The van der Waals surface area contributed by atoms with Crippen LogP contribution < -0.4 is 14.4 Å². The van der Waals surface area contributed by atoms with Crippen molar-refractivity contribution in [1.29, 1.82) is 0 Å². The molecular weight excluding hydrogens is 923 g/mol. The zero-order valence-electron chi connectivity index (χ0n) is 43.4. The molecule has 4 aliphatic heterocycles. The molecule has 4 saturated heterocycles.